The number of sulfonamides is 1. The molecule has 0 heterocycles. The lowest BCUT2D eigenvalue weighted by molar-refractivity contribution is -0.140. The Labute approximate surface area is 126 Å². The van der Waals surface area contributed by atoms with Crippen LogP contribution in [0.25, 0.3) is 0 Å². The molecule has 1 aromatic rings. The van der Waals surface area contributed by atoms with Crippen molar-refractivity contribution in [1.29, 1.82) is 0 Å². The highest BCUT2D eigenvalue weighted by Gasteiger charge is 2.35. The van der Waals surface area contributed by atoms with Gasteiger partial charge < -0.3 is 5.32 Å². The summed E-state index contributed by atoms with van der Waals surface area (Å²) in [6.07, 6.45) is -4.47. The number of hydrogen-bond donors (Lipinski definition) is 2. The molecule has 0 aliphatic rings. The summed E-state index contributed by atoms with van der Waals surface area (Å²) in [5.41, 5.74) is -1.60. The molecule has 2 N–H and O–H groups in total. The zero-order valence-electron chi connectivity index (χ0n) is 11.0. The van der Waals surface area contributed by atoms with Crippen LogP contribution in [0.1, 0.15) is 12.0 Å². The summed E-state index contributed by atoms with van der Waals surface area (Å²) in [7, 11) is -2.40. The van der Waals surface area contributed by atoms with Crippen molar-refractivity contribution in [2.75, 3.05) is 20.1 Å². The largest absolute Gasteiger partial charge is 0.419 e. The van der Waals surface area contributed by atoms with Gasteiger partial charge in [-0.2, -0.15) is 13.2 Å². The third kappa shape index (κ3) is 5.77. The summed E-state index contributed by atoms with van der Waals surface area (Å²) in [5, 5.41) is 2.80. The van der Waals surface area contributed by atoms with Crippen molar-refractivity contribution < 1.29 is 26.0 Å². The van der Waals surface area contributed by atoms with E-state index in [1.165, 1.54) is 0 Å². The second-order valence-electron chi connectivity index (χ2n) is 3.99. The van der Waals surface area contributed by atoms with Gasteiger partial charge in [0.25, 0.3) is 0 Å². The maximum Gasteiger partial charge on any atom is 0.419 e. The molecule has 0 saturated heterocycles. The van der Waals surface area contributed by atoms with Crippen LogP contribution in [-0.4, -0.2) is 28.6 Å². The van der Waals surface area contributed by atoms with Crippen LogP contribution in [0.15, 0.2) is 23.1 Å². The molecule has 1 rings (SSSR count). The molecule has 0 unspecified atom stereocenters. The van der Waals surface area contributed by atoms with Crippen LogP contribution in [0.3, 0.4) is 0 Å². The highest BCUT2D eigenvalue weighted by atomic mass is 35.5. The second kappa shape index (κ2) is 7.92. The average molecular weight is 351 g/mol. The minimum Gasteiger partial charge on any atom is -0.320 e. The van der Waals surface area contributed by atoms with Crippen LogP contribution in [0.2, 0.25) is 0 Å². The van der Waals surface area contributed by atoms with E-state index < -0.39 is 32.5 Å². The molecule has 122 valence electrons. The van der Waals surface area contributed by atoms with Crippen molar-refractivity contribution in [2.24, 2.45) is 0 Å². The summed E-state index contributed by atoms with van der Waals surface area (Å²) >= 11 is 0. The summed E-state index contributed by atoms with van der Waals surface area (Å²) < 4.78 is 76.3. The fourth-order valence-electron chi connectivity index (χ4n) is 1.44. The summed E-state index contributed by atoms with van der Waals surface area (Å²) in [6, 6.07) is 1.58. The Morgan fingerprint density at radius 2 is 1.81 bits per heavy atom. The molecule has 0 bridgehead atoms. The van der Waals surface area contributed by atoms with Gasteiger partial charge in [-0.15, -0.1) is 12.4 Å². The third-order valence-electron chi connectivity index (χ3n) is 2.45. The minimum absolute atomic E-state index is 0. The van der Waals surface area contributed by atoms with Gasteiger partial charge in [0.05, 0.1) is 10.5 Å². The Bertz CT molecular complexity index is 564. The van der Waals surface area contributed by atoms with E-state index in [1.807, 2.05) is 0 Å². The number of nitrogens with one attached hydrogen (secondary N) is 2. The van der Waals surface area contributed by atoms with Crippen molar-refractivity contribution in [2.45, 2.75) is 17.5 Å². The van der Waals surface area contributed by atoms with Crippen molar-refractivity contribution in [3.63, 3.8) is 0 Å². The molecule has 0 amide bonds. The van der Waals surface area contributed by atoms with Gasteiger partial charge >= 0.3 is 6.18 Å². The normalized spacial score (nSPS) is 12.0. The van der Waals surface area contributed by atoms with Crippen LogP contribution in [0.5, 0.6) is 0 Å². The molecule has 4 nitrogen and oxygen atoms in total. The van der Waals surface area contributed by atoms with Gasteiger partial charge in [-0.25, -0.2) is 17.5 Å². The Hall–Kier alpha value is -0.900. The predicted octanol–water partition coefficient (Wildman–Crippen LogP) is 2.15. The number of halogens is 5. The van der Waals surface area contributed by atoms with Gasteiger partial charge in [0, 0.05) is 6.54 Å². The highest BCUT2D eigenvalue weighted by Crippen LogP contribution is 2.32. The van der Waals surface area contributed by atoms with E-state index in [4.69, 9.17) is 0 Å². The molecule has 10 heteroatoms. The highest BCUT2D eigenvalue weighted by molar-refractivity contribution is 7.89. The van der Waals surface area contributed by atoms with Crippen LogP contribution >= 0.6 is 12.4 Å². The van der Waals surface area contributed by atoms with E-state index in [1.54, 1.807) is 7.05 Å². The SMILES string of the molecule is CNCCCNS(=O)(=O)c1ccc(F)c(C(F)(F)F)c1.Cl. The number of benzene rings is 1. The smallest absolute Gasteiger partial charge is 0.320 e. The molecule has 0 radical (unpaired) electrons. The van der Waals surface area contributed by atoms with Crippen LogP contribution < -0.4 is 10.0 Å². The maximum atomic E-state index is 13.1. The number of rotatable bonds is 6. The van der Waals surface area contributed by atoms with Crippen molar-refractivity contribution in [3.8, 4) is 0 Å². The molecular formula is C11H15ClF4N2O2S. The molecule has 0 fully saturated rings. The van der Waals surface area contributed by atoms with E-state index in [0.29, 0.717) is 19.0 Å². The molecule has 0 aliphatic carbocycles. The Morgan fingerprint density at radius 1 is 1.19 bits per heavy atom. The van der Waals surface area contributed by atoms with Gasteiger partial charge in [0.15, 0.2) is 0 Å². The summed E-state index contributed by atoms with van der Waals surface area (Å²) in [4.78, 5) is -0.615. The van der Waals surface area contributed by atoms with Gasteiger partial charge in [0.2, 0.25) is 10.0 Å². The zero-order valence-corrected chi connectivity index (χ0v) is 12.6. The molecule has 0 saturated carbocycles. The van der Waals surface area contributed by atoms with Gasteiger partial charge in [-0.05, 0) is 38.2 Å². The van der Waals surface area contributed by atoms with E-state index in [0.717, 1.165) is 6.07 Å². The fraction of sp³-hybridized carbons (Fsp3) is 0.455. The molecule has 0 aliphatic heterocycles. The topological polar surface area (TPSA) is 58.2 Å². The monoisotopic (exact) mass is 350 g/mol. The van der Waals surface area contributed by atoms with E-state index in [9.17, 15) is 26.0 Å². The quantitative estimate of drug-likeness (QED) is 0.610. The molecule has 21 heavy (non-hydrogen) atoms. The van der Waals surface area contributed by atoms with E-state index in [-0.39, 0.29) is 25.0 Å². The Balaban J connectivity index is 0.00000400. The molecule has 1 aromatic carbocycles. The first-order valence-corrected chi connectivity index (χ1v) is 7.18. The molecular weight excluding hydrogens is 336 g/mol. The first kappa shape index (κ1) is 20.1. The maximum absolute atomic E-state index is 13.1. The standard InChI is InChI=1S/C11H14F4N2O2S.ClH/c1-16-5-2-6-17-20(18,19)8-3-4-10(12)9(7-8)11(13,14)15;/h3-4,7,16-17H,2,5-6H2,1H3;1H. The summed E-state index contributed by atoms with van der Waals surface area (Å²) in [5.74, 6) is -1.51. The van der Waals surface area contributed by atoms with Crippen LogP contribution in [0, 0.1) is 5.82 Å². The van der Waals surface area contributed by atoms with Crippen molar-refractivity contribution in [1.82, 2.24) is 10.0 Å². The fourth-order valence-corrected chi connectivity index (χ4v) is 2.54. The molecule has 0 atom stereocenters. The van der Waals surface area contributed by atoms with Crippen molar-refractivity contribution >= 4 is 22.4 Å². The molecule has 0 aromatic heterocycles. The Kier molecular flexibility index (Phi) is 7.58. The lowest BCUT2D eigenvalue weighted by atomic mass is 10.2. The minimum atomic E-state index is -4.94. The molecule has 0 spiro atoms. The number of alkyl halides is 3. The first-order valence-electron chi connectivity index (χ1n) is 5.69. The van der Waals surface area contributed by atoms with Crippen LogP contribution in [-0.2, 0) is 16.2 Å². The van der Waals surface area contributed by atoms with Crippen LogP contribution in [0.4, 0.5) is 17.6 Å². The van der Waals surface area contributed by atoms with Gasteiger partial charge in [-0.3, -0.25) is 0 Å². The predicted molar refractivity (Wildman–Crippen MR) is 72.4 cm³/mol. The van der Waals surface area contributed by atoms with Crippen molar-refractivity contribution in [3.05, 3.63) is 29.6 Å². The Morgan fingerprint density at radius 3 is 2.33 bits per heavy atom. The average Bonchev–Trinajstić information content (AvgIpc) is 2.33. The van der Waals surface area contributed by atoms with Gasteiger partial charge in [0.1, 0.15) is 5.82 Å². The number of hydrogen-bond acceptors (Lipinski definition) is 3. The van der Waals surface area contributed by atoms with Gasteiger partial charge in [-0.1, -0.05) is 0 Å². The zero-order chi connectivity index (χ0) is 15.4. The first-order chi connectivity index (χ1) is 9.18. The second-order valence-corrected chi connectivity index (χ2v) is 5.76. The summed E-state index contributed by atoms with van der Waals surface area (Å²) in [6.45, 7) is 0.627. The van der Waals surface area contributed by atoms with E-state index in [2.05, 4.69) is 10.0 Å². The lowest BCUT2D eigenvalue weighted by Gasteiger charge is -2.11. The third-order valence-corrected chi connectivity index (χ3v) is 3.91. The lowest BCUT2D eigenvalue weighted by Crippen LogP contribution is -2.27. The van der Waals surface area contributed by atoms with E-state index >= 15 is 0 Å².